The molecule has 0 aliphatic rings. The van der Waals surface area contributed by atoms with Gasteiger partial charge in [0.05, 0.1) is 17.5 Å². The number of nitrogens with one attached hydrogen (secondary N) is 1. The smallest absolute Gasteiger partial charge is 0.421 e. The minimum absolute atomic E-state index is 0.783. The zero-order valence-corrected chi connectivity index (χ0v) is 15.5. The molecule has 22 heavy (non-hydrogen) atoms. The molecule has 0 saturated carbocycles. The van der Waals surface area contributed by atoms with Gasteiger partial charge in [0.25, 0.3) is 0 Å². The third kappa shape index (κ3) is 11.9. The molecule has 0 aromatic rings. The van der Waals surface area contributed by atoms with Gasteiger partial charge in [-0.2, -0.15) is 0 Å². The molecule has 0 spiro atoms. The van der Waals surface area contributed by atoms with Gasteiger partial charge in [0.15, 0.2) is 0 Å². The average Bonchev–Trinajstić information content (AvgIpc) is 2.05. The van der Waals surface area contributed by atoms with E-state index in [2.05, 4.69) is 4.74 Å². The van der Waals surface area contributed by atoms with Crippen molar-refractivity contribution >= 4 is 23.9 Å². The molecular weight excluding hydrogens is 337 g/mol. The number of rotatable bonds is 6. The topological polar surface area (TPSA) is 117 Å². The molecular formula is C11H24NO8PS. The number of phosphoric ester groups is 1. The summed E-state index contributed by atoms with van der Waals surface area (Å²) in [5, 5.41) is 0. The number of hydrogen-bond acceptors (Lipinski definition) is 8. The first-order valence-corrected chi connectivity index (χ1v) is 9.67. The van der Waals surface area contributed by atoms with E-state index in [0.29, 0.717) is 0 Å². The Morgan fingerprint density at radius 3 is 1.77 bits per heavy atom. The van der Waals surface area contributed by atoms with Crippen LogP contribution in [0.15, 0.2) is 0 Å². The molecule has 0 bridgehead atoms. The highest BCUT2D eigenvalue weighted by molar-refractivity contribution is 7.89. The maximum Gasteiger partial charge on any atom is 0.478 e. The fourth-order valence-electron chi connectivity index (χ4n) is 1.07. The Morgan fingerprint density at radius 2 is 1.45 bits per heavy atom. The van der Waals surface area contributed by atoms with E-state index in [1.54, 1.807) is 46.3 Å². The lowest BCUT2D eigenvalue weighted by atomic mass is 10.2. The van der Waals surface area contributed by atoms with Gasteiger partial charge in [-0.1, -0.05) is 0 Å². The van der Waals surface area contributed by atoms with E-state index >= 15 is 0 Å². The lowest BCUT2D eigenvalue weighted by Crippen LogP contribution is -2.31. The molecule has 0 aliphatic heterocycles. The SMILES string of the molecule is CC(C)(C)OP(=O)(OCOC(=O)NS(C)(=O)=O)OC(C)(C)C. The first-order valence-electron chi connectivity index (χ1n) is 6.32. The summed E-state index contributed by atoms with van der Waals surface area (Å²) in [5.41, 5.74) is -1.68. The number of ether oxygens (including phenoxy) is 1. The lowest BCUT2D eigenvalue weighted by Gasteiger charge is -2.30. The van der Waals surface area contributed by atoms with Gasteiger partial charge in [-0.05, 0) is 41.5 Å². The van der Waals surface area contributed by atoms with Crippen LogP contribution < -0.4 is 4.72 Å². The third-order valence-electron chi connectivity index (χ3n) is 1.44. The molecule has 9 nitrogen and oxygen atoms in total. The first-order chi connectivity index (χ1) is 9.52. The second-order valence-corrected chi connectivity index (χ2v) is 9.67. The molecule has 1 N–H and O–H groups in total. The fraction of sp³-hybridized carbons (Fsp3) is 0.909. The van der Waals surface area contributed by atoms with Crippen molar-refractivity contribution < 1.29 is 36.1 Å². The summed E-state index contributed by atoms with van der Waals surface area (Å²) >= 11 is 0. The van der Waals surface area contributed by atoms with E-state index in [1.807, 2.05) is 0 Å². The molecule has 0 aromatic carbocycles. The average molecular weight is 361 g/mol. The van der Waals surface area contributed by atoms with Gasteiger partial charge in [-0.3, -0.25) is 9.05 Å². The fourth-order valence-corrected chi connectivity index (χ4v) is 3.10. The number of carbonyl (C=O) groups is 1. The van der Waals surface area contributed by atoms with Crippen molar-refractivity contribution in [3.8, 4) is 0 Å². The predicted octanol–water partition coefficient (Wildman–Crippen LogP) is 2.38. The first kappa shape index (κ1) is 21.3. The van der Waals surface area contributed by atoms with Crippen molar-refractivity contribution in [3.05, 3.63) is 0 Å². The highest BCUT2D eigenvalue weighted by atomic mass is 32.2. The Balaban J connectivity index is 4.74. The van der Waals surface area contributed by atoms with Crippen LogP contribution >= 0.6 is 7.82 Å². The molecule has 0 saturated heterocycles. The summed E-state index contributed by atoms with van der Waals surface area (Å²) in [4.78, 5) is 11.2. The Hall–Kier alpha value is -0.670. The van der Waals surface area contributed by atoms with Crippen molar-refractivity contribution in [1.29, 1.82) is 0 Å². The van der Waals surface area contributed by atoms with Crippen LogP contribution in [0.4, 0.5) is 4.79 Å². The van der Waals surface area contributed by atoms with Crippen molar-refractivity contribution in [3.63, 3.8) is 0 Å². The van der Waals surface area contributed by atoms with Gasteiger partial charge in [-0.15, -0.1) is 0 Å². The van der Waals surface area contributed by atoms with Gasteiger partial charge in [-0.25, -0.2) is 27.0 Å². The van der Waals surface area contributed by atoms with Crippen molar-refractivity contribution in [2.24, 2.45) is 0 Å². The zero-order valence-electron chi connectivity index (χ0n) is 13.8. The highest BCUT2D eigenvalue weighted by Crippen LogP contribution is 2.55. The largest absolute Gasteiger partial charge is 0.478 e. The Labute approximate surface area is 131 Å². The molecule has 0 atom stereocenters. The van der Waals surface area contributed by atoms with E-state index in [-0.39, 0.29) is 0 Å². The van der Waals surface area contributed by atoms with Gasteiger partial charge in [0.1, 0.15) is 0 Å². The van der Waals surface area contributed by atoms with Crippen LogP contribution in [0.25, 0.3) is 0 Å². The minimum atomic E-state index is -4.02. The van der Waals surface area contributed by atoms with Crippen LogP contribution in [0.5, 0.6) is 0 Å². The normalized spacial score (nSPS) is 13.8. The molecule has 132 valence electrons. The van der Waals surface area contributed by atoms with Crippen molar-refractivity contribution in [2.45, 2.75) is 52.7 Å². The van der Waals surface area contributed by atoms with Crippen LogP contribution in [0.1, 0.15) is 41.5 Å². The van der Waals surface area contributed by atoms with Gasteiger partial charge in [0.2, 0.25) is 16.8 Å². The summed E-state index contributed by atoms with van der Waals surface area (Å²) in [6.07, 6.45) is -0.480. The minimum Gasteiger partial charge on any atom is -0.421 e. The molecule has 0 fully saturated rings. The van der Waals surface area contributed by atoms with Gasteiger partial charge >= 0.3 is 13.9 Å². The third-order valence-corrected chi connectivity index (χ3v) is 3.94. The van der Waals surface area contributed by atoms with E-state index in [9.17, 15) is 17.8 Å². The molecule has 0 unspecified atom stereocenters. The maximum atomic E-state index is 12.5. The highest BCUT2D eigenvalue weighted by Gasteiger charge is 2.37. The second-order valence-electron chi connectivity index (χ2n) is 6.41. The number of amides is 1. The maximum absolute atomic E-state index is 12.5. The van der Waals surface area contributed by atoms with E-state index in [4.69, 9.17) is 13.6 Å². The molecule has 0 radical (unpaired) electrons. The van der Waals surface area contributed by atoms with Crippen LogP contribution in [-0.4, -0.2) is 38.8 Å². The van der Waals surface area contributed by atoms with Gasteiger partial charge in [0, 0.05) is 0 Å². The number of sulfonamides is 1. The van der Waals surface area contributed by atoms with E-state index < -0.39 is 41.9 Å². The second kappa shape index (κ2) is 7.27. The molecule has 0 heterocycles. The number of phosphoric acid groups is 1. The summed E-state index contributed by atoms with van der Waals surface area (Å²) in [5.74, 6) is 0. The van der Waals surface area contributed by atoms with Crippen LogP contribution in [0, 0.1) is 0 Å². The summed E-state index contributed by atoms with van der Waals surface area (Å²) in [6.45, 7) is 9.07. The summed E-state index contributed by atoms with van der Waals surface area (Å²) in [6, 6.07) is 0. The Morgan fingerprint density at radius 1 is 1.05 bits per heavy atom. The summed E-state index contributed by atoms with van der Waals surface area (Å²) < 4.78 is 55.6. The zero-order chi connectivity index (χ0) is 17.8. The standard InChI is InChI=1S/C11H24NO8PS/c1-10(2,3)19-21(14,20-11(4,5)6)18-8-17-9(13)12-22(7,15)16/h8H2,1-7H3,(H,12,13). The van der Waals surface area contributed by atoms with Crippen LogP contribution in [-0.2, 0) is 32.9 Å². The molecule has 0 rings (SSSR count). The van der Waals surface area contributed by atoms with E-state index in [1.165, 1.54) is 0 Å². The lowest BCUT2D eigenvalue weighted by molar-refractivity contribution is -0.0277. The van der Waals surface area contributed by atoms with Crippen LogP contribution in [0.2, 0.25) is 0 Å². The molecule has 0 aromatic heterocycles. The number of carbonyl (C=O) groups excluding carboxylic acids is 1. The summed E-state index contributed by atoms with van der Waals surface area (Å²) in [7, 11) is -7.78. The Kier molecular flexibility index (Phi) is 7.05. The predicted molar refractivity (Wildman–Crippen MR) is 79.7 cm³/mol. The monoisotopic (exact) mass is 361 g/mol. The quantitative estimate of drug-likeness (QED) is 0.566. The van der Waals surface area contributed by atoms with Crippen molar-refractivity contribution in [2.75, 3.05) is 13.0 Å². The molecule has 1 amide bonds. The van der Waals surface area contributed by atoms with Gasteiger partial charge < -0.3 is 4.74 Å². The van der Waals surface area contributed by atoms with E-state index in [0.717, 1.165) is 6.26 Å². The Bertz CT molecular complexity index is 511. The number of hydrogen-bond donors (Lipinski definition) is 1. The van der Waals surface area contributed by atoms with Crippen LogP contribution in [0.3, 0.4) is 0 Å². The molecule has 0 aliphatic carbocycles. The van der Waals surface area contributed by atoms with Crippen molar-refractivity contribution in [1.82, 2.24) is 4.72 Å². The molecule has 11 heteroatoms.